The van der Waals surface area contributed by atoms with Gasteiger partial charge >= 0.3 is 0 Å². The highest BCUT2D eigenvalue weighted by Crippen LogP contribution is 2.19. The molecule has 0 fully saturated rings. The fraction of sp³-hybridized carbons (Fsp3) is 0.462. The number of benzene rings is 1. The topological polar surface area (TPSA) is 23.6 Å². The quantitative estimate of drug-likeness (QED) is 0.708. The van der Waals surface area contributed by atoms with Crippen LogP contribution in [0.25, 0.3) is 0 Å². The molecular formula is C13H20N2O. The normalized spacial score (nSPS) is 10.6. The number of ketones is 1. The summed E-state index contributed by atoms with van der Waals surface area (Å²) in [7, 11) is 6.11. The predicted molar refractivity (Wildman–Crippen MR) is 68.3 cm³/mol. The molecule has 0 saturated carbocycles. The number of Topliss-reactive ketones (excluding diaryl/α,β-unsaturated/α-hetero) is 1. The van der Waals surface area contributed by atoms with Crippen LogP contribution in [-0.2, 0) is 0 Å². The Morgan fingerprint density at radius 1 is 1.12 bits per heavy atom. The first kappa shape index (κ1) is 12.7. The maximum atomic E-state index is 11.5. The zero-order valence-corrected chi connectivity index (χ0v) is 10.5. The third-order valence-electron chi connectivity index (χ3n) is 2.58. The van der Waals surface area contributed by atoms with E-state index in [0.717, 1.165) is 24.3 Å². The summed E-state index contributed by atoms with van der Waals surface area (Å²) in [6, 6.07) is 7.74. The van der Waals surface area contributed by atoms with Crippen LogP contribution in [0.2, 0.25) is 0 Å². The number of nitrogens with zero attached hydrogens (tertiary/aromatic N) is 2. The van der Waals surface area contributed by atoms with E-state index in [1.807, 2.05) is 45.4 Å². The molecule has 88 valence electrons. The van der Waals surface area contributed by atoms with Crippen LogP contribution < -0.4 is 4.90 Å². The molecular weight excluding hydrogens is 200 g/mol. The SMILES string of the molecule is CC(=O)c1ccccc1N(C)CCN(C)C. The van der Waals surface area contributed by atoms with Crippen LogP contribution in [0.4, 0.5) is 5.69 Å². The van der Waals surface area contributed by atoms with Crippen molar-refractivity contribution in [2.24, 2.45) is 0 Å². The molecule has 16 heavy (non-hydrogen) atoms. The molecule has 1 rings (SSSR count). The molecule has 0 aromatic heterocycles. The Hall–Kier alpha value is -1.35. The summed E-state index contributed by atoms with van der Waals surface area (Å²) in [6.07, 6.45) is 0. The van der Waals surface area contributed by atoms with E-state index >= 15 is 0 Å². The maximum absolute atomic E-state index is 11.5. The third-order valence-corrected chi connectivity index (χ3v) is 2.58. The van der Waals surface area contributed by atoms with Gasteiger partial charge in [-0.3, -0.25) is 4.79 Å². The van der Waals surface area contributed by atoms with Crippen LogP contribution in [0.15, 0.2) is 24.3 Å². The number of carbonyl (C=O) groups excluding carboxylic acids is 1. The van der Waals surface area contributed by atoms with Gasteiger partial charge in [0.05, 0.1) is 0 Å². The van der Waals surface area contributed by atoms with Gasteiger partial charge in [-0.15, -0.1) is 0 Å². The van der Waals surface area contributed by atoms with Crippen molar-refractivity contribution >= 4 is 11.5 Å². The zero-order chi connectivity index (χ0) is 12.1. The maximum Gasteiger partial charge on any atom is 0.161 e. The van der Waals surface area contributed by atoms with Crippen LogP contribution in [0, 0.1) is 0 Å². The number of likely N-dealkylation sites (N-methyl/N-ethyl adjacent to an activating group) is 2. The number of anilines is 1. The van der Waals surface area contributed by atoms with E-state index in [2.05, 4.69) is 9.80 Å². The average molecular weight is 220 g/mol. The van der Waals surface area contributed by atoms with Gasteiger partial charge in [0.1, 0.15) is 0 Å². The summed E-state index contributed by atoms with van der Waals surface area (Å²) in [6.45, 7) is 3.50. The summed E-state index contributed by atoms with van der Waals surface area (Å²) >= 11 is 0. The fourth-order valence-electron chi connectivity index (χ4n) is 1.57. The molecule has 0 aliphatic heterocycles. The Morgan fingerprint density at radius 2 is 1.75 bits per heavy atom. The van der Waals surface area contributed by atoms with E-state index in [0.29, 0.717) is 0 Å². The van der Waals surface area contributed by atoms with Gasteiger partial charge in [0.2, 0.25) is 0 Å². The van der Waals surface area contributed by atoms with Crippen molar-refractivity contribution in [2.45, 2.75) is 6.92 Å². The lowest BCUT2D eigenvalue weighted by Gasteiger charge is -2.23. The van der Waals surface area contributed by atoms with Crippen LogP contribution in [0.3, 0.4) is 0 Å². The molecule has 0 heterocycles. The molecule has 0 saturated heterocycles. The lowest BCUT2D eigenvalue weighted by Crippen LogP contribution is -2.29. The summed E-state index contributed by atoms with van der Waals surface area (Å²) in [4.78, 5) is 15.7. The van der Waals surface area contributed by atoms with E-state index in [9.17, 15) is 4.79 Å². The number of carbonyl (C=O) groups is 1. The molecule has 0 radical (unpaired) electrons. The van der Waals surface area contributed by atoms with Crippen molar-refractivity contribution in [1.82, 2.24) is 4.90 Å². The number of hydrogen-bond donors (Lipinski definition) is 0. The van der Waals surface area contributed by atoms with E-state index in [1.165, 1.54) is 0 Å². The third kappa shape index (κ3) is 3.35. The monoisotopic (exact) mass is 220 g/mol. The first-order valence-corrected chi connectivity index (χ1v) is 5.48. The number of hydrogen-bond acceptors (Lipinski definition) is 3. The molecule has 3 heteroatoms. The zero-order valence-electron chi connectivity index (χ0n) is 10.5. The summed E-state index contributed by atoms with van der Waals surface area (Å²) < 4.78 is 0. The number of rotatable bonds is 5. The lowest BCUT2D eigenvalue weighted by atomic mass is 10.1. The highest BCUT2D eigenvalue weighted by atomic mass is 16.1. The van der Waals surface area contributed by atoms with Gasteiger partial charge in [0.25, 0.3) is 0 Å². The van der Waals surface area contributed by atoms with Crippen molar-refractivity contribution in [3.05, 3.63) is 29.8 Å². The van der Waals surface area contributed by atoms with E-state index < -0.39 is 0 Å². The second-order valence-electron chi connectivity index (χ2n) is 4.30. The minimum atomic E-state index is 0.118. The van der Waals surface area contributed by atoms with Crippen molar-refractivity contribution in [1.29, 1.82) is 0 Å². The largest absolute Gasteiger partial charge is 0.373 e. The van der Waals surface area contributed by atoms with Gasteiger partial charge in [-0.1, -0.05) is 12.1 Å². The molecule has 0 N–H and O–H groups in total. The van der Waals surface area contributed by atoms with Crippen molar-refractivity contribution in [2.75, 3.05) is 39.1 Å². The van der Waals surface area contributed by atoms with Crippen LogP contribution in [0.5, 0.6) is 0 Å². The lowest BCUT2D eigenvalue weighted by molar-refractivity contribution is 0.101. The van der Waals surface area contributed by atoms with Gasteiger partial charge in [-0.25, -0.2) is 0 Å². The molecule has 0 atom stereocenters. The minimum absolute atomic E-state index is 0.118. The van der Waals surface area contributed by atoms with Crippen molar-refractivity contribution < 1.29 is 4.79 Å². The molecule has 3 nitrogen and oxygen atoms in total. The van der Waals surface area contributed by atoms with Crippen molar-refractivity contribution in [3.63, 3.8) is 0 Å². The minimum Gasteiger partial charge on any atom is -0.373 e. The smallest absolute Gasteiger partial charge is 0.161 e. The van der Waals surface area contributed by atoms with Gasteiger partial charge in [-0.2, -0.15) is 0 Å². The highest BCUT2D eigenvalue weighted by Gasteiger charge is 2.09. The molecule has 0 aliphatic rings. The number of para-hydroxylation sites is 1. The first-order valence-electron chi connectivity index (χ1n) is 5.48. The van der Waals surface area contributed by atoms with Crippen LogP contribution in [0.1, 0.15) is 17.3 Å². The second kappa shape index (κ2) is 5.66. The van der Waals surface area contributed by atoms with E-state index in [-0.39, 0.29) is 5.78 Å². The molecule has 1 aromatic carbocycles. The van der Waals surface area contributed by atoms with E-state index in [4.69, 9.17) is 0 Å². The summed E-state index contributed by atoms with van der Waals surface area (Å²) in [5.41, 5.74) is 1.81. The standard InChI is InChI=1S/C13H20N2O/c1-11(16)12-7-5-6-8-13(12)15(4)10-9-14(2)3/h5-8H,9-10H2,1-4H3. The van der Waals surface area contributed by atoms with Gasteiger partial charge < -0.3 is 9.80 Å². The Bertz CT molecular complexity index is 361. The highest BCUT2D eigenvalue weighted by molar-refractivity contribution is 5.99. The first-order chi connectivity index (χ1) is 7.52. The van der Waals surface area contributed by atoms with Gasteiger partial charge in [0, 0.05) is 31.4 Å². The van der Waals surface area contributed by atoms with E-state index in [1.54, 1.807) is 6.92 Å². The molecule has 0 unspecified atom stereocenters. The Labute approximate surface area is 97.7 Å². The Kier molecular flexibility index (Phi) is 4.50. The molecule has 0 aliphatic carbocycles. The summed E-state index contributed by atoms with van der Waals surface area (Å²) in [5, 5.41) is 0. The molecule has 0 amide bonds. The second-order valence-corrected chi connectivity index (χ2v) is 4.30. The van der Waals surface area contributed by atoms with Gasteiger partial charge in [-0.05, 0) is 33.2 Å². The van der Waals surface area contributed by atoms with Gasteiger partial charge in [0.15, 0.2) is 5.78 Å². The van der Waals surface area contributed by atoms with Crippen LogP contribution in [-0.4, -0.2) is 44.9 Å². The molecule has 0 bridgehead atoms. The Balaban J connectivity index is 2.82. The predicted octanol–water partition coefficient (Wildman–Crippen LogP) is 1.89. The van der Waals surface area contributed by atoms with Crippen molar-refractivity contribution in [3.8, 4) is 0 Å². The molecule has 1 aromatic rings. The van der Waals surface area contributed by atoms with Crippen LogP contribution >= 0.6 is 0 Å². The summed E-state index contributed by atoms with van der Waals surface area (Å²) in [5.74, 6) is 0.118. The Morgan fingerprint density at radius 3 is 2.31 bits per heavy atom. The average Bonchev–Trinajstić information content (AvgIpc) is 2.25. The molecule has 0 spiro atoms. The fourth-order valence-corrected chi connectivity index (χ4v) is 1.57.